The lowest BCUT2D eigenvalue weighted by Crippen LogP contribution is -2.38. The van der Waals surface area contributed by atoms with Crippen LogP contribution in [0.3, 0.4) is 0 Å². The molecule has 2 unspecified atom stereocenters. The van der Waals surface area contributed by atoms with Crippen LogP contribution in [0.25, 0.3) is 0 Å². The number of rotatable bonds is 6. The molecule has 36 heavy (non-hydrogen) atoms. The zero-order valence-electron chi connectivity index (χ0n) is 20.8. The van der Waals surface area contributed by atoms with E-state index in [1.807, 2.05) is 12.1 Å². The van der Waals surface area contributed by atoms with Gasteiger partial charge in [0, 0.05) is 23.1 Å². The molecule has 0 radical (unpaired) electrons. The second-order valence-electron chi connectivity index (χ2n) is 11.0. The Bertz CT molecular complexity index is 1250. The summed E-state index contributed by atoms with van der Waals surface area (Å²) in [7, 11) is 0. The minimum absolute atomic E-state index is 0.0669. The molecule has 2 aliphatic rings. The number of aromatic nitrogens is 1. The molecule has 1 heterocycles. The summed E-state index contributed by atoms with van der Waals surface area (Å²) in [6, 6.07) is 18.3. The Hall–Kier alpha value is -3.67. The molecule has 2 atom stereocenters. The molecule has 3 N–H and O–H groups in total. The van der Waals surface area contributed by atoms with Gasteiger partial charge in [0.1, 0.15) is 11.4 Å². The van der Waals surface area contributed by atoms with Crippen molar-refractivity contribution in [2.45, 2.75) is 51.4 Å². The van der Waals surface area contributed by atoms with Gasteiger partial charge in [-0.1, -0.05) is 32.0 Å². The monoisotopic (exact) mass is 483 g/mol. The van der Waals surface area contributed by atoms with Gasteiger partial charge in [0.25, 0.3) is 5.91 Å². The van der Waals surface area contributed by atoms with Crippen molar-refractivity contribution >= 4 is 29.1 Å². The summed E-state index contributed by atoms with van der Waals surface area (Å²) in [6.45, 7) is 4.81. The number of fused-ring (bicyclic) bond motifs is 2. The maximum absolute atomic E-state index is 13.0. The molecule has 6 nitrogen and oxygen atoms in total. The van der Waals surface area contributed by atoms with E-state index in [0.717, 1.165) is 23.4 Å². The number of hydrogen-bond acceptors (Lipinski definition) is 4. The van der Waals surface area contributed by atoms with Crippen LogP contribution in [-0.2, 0) is 5.41 Å². The fourth-order valence-corrected chi connectivity index (χ4v) is 6.54. The van der Waals surface area contributed by atoms with Crippen molar-refractivity contribution < 1.29 is 14.7 Å². The Balaban J connectivity index is 1.26. The summed E-state index contributed by atoms with van der Waals surface area (Å²) < 4.78 is 0. The van der Waals surface area contributed by atoms with E-state index in [9.17, 15) is 14.7 Å². The first-order chi connectivity index (χ1) is 17.3. The zero-order valence-corrected chi connectivity index (χ0v) is 20.8. The highest BCUT2D eigenvalue weighted by molar-refractivity contribution is 6.05. The molecule has 2 fully saturated rings. The van der Waals surface area contributed by atoms with Gasteiger partial charge in [0.2, 0.25) is 0 Å². The Morgan fingerprint density at radius 1 is 0.944 bits per heavy atom. The molecule has 1 amide bonds. The first kappa shape index (κ1) is 24.0. The van der Waals surface area contributed by atoms with Crippen molar-refractivity contribution in [3.63, 3.8) is 0 Å². The van der Waals surface area contributed by atoms with Crippen LogP contribution >= 0.6 is 0 Å². The molecule has 0 aliphatic heterocycles. The molecule has 5 rings (SSSR count). The van der Waals surface area contributed by atoms with Gasteiger partial charge < -0.3 is 15.7 Å². The highest BCUT2D eigenvalue weighted by atomic mass is 16.4. The first-order valence-electron chi connectivity index (χ1n) is 12.8. The number of carboxylic acids is 1. The Kier molecular flexibility index (Phi) is 6.52. The van der Waals surface area contributed by atoms with Crippen molar-refractivity contribution in [3.8, 4) is 0 Å². The van der Waals surface area contributed by atoms with E-state index >= 15 is 0 Å². The lowest BCUT2D eigenvalue weighted by atomic mass is 9.57. The van der Waals surface area contributed by atoms with Crippen LogP contribution in [0.5, 0.6) is 0 Å². The van der Waals surface area contributed by atoms with Gasteiger partial charge in [0.15, 0.2) is 0 Å². The maximum atomic E-state index is 13.0. The van der Waals surface area contributed by atoms with Gasteiger partial charge in [-0.15, -0.1) is 0 Å². The van der Waals surface area contributed by atoms with Crippen molar-refractivity contribution in [2.75, 3.05) is 10.6 Å². The number of carbonyl (C=O) groups is 2. The number of benzene rings is 2. The standard InChI is InChI=1S/C30H33N3O3/c1-19-13-20-15-21(14-19)18-30(2,17-20)23-8-10-24(11-9-23)33-28(34)22-5-3-6-25(16-22)32-27-26(29(35)36)7-4-12-31-27/h3-12,16,19-21H,13-15,17-18H2,1-2H3,(H,31,32)(H,33,34)(H,35,36). The van der Waals surface area contributed by atoms with E-state index < -0.39 is 5.97 Å². The number of anilines is 3. The third kappa shape index (κ3) is 5.13. The lowest BCUT2D eigenvalue weighted by Gasteiger charge is -2.47. The predicted molar refractivity (Wildman–Crippen MR) is 142 cm³/mol. The van der Waals surface area contributed by atoms with E-state index in [-0.39, 0.29) is 22.7 Å². The summed E-state index contributed by atoms with van der Waals surface area (Å²) >= 11 is 0. The topological polar surface area (TPSA) is 91.3 Å². The average Bonchev–Trinajstić information content (AvgIpc) is 2.84. The third-order valence-corrected chi connectivity index (χ3v) is 7.88. The highest BCUT2D eigenvalue weighted by Crippen LogP contribution is 2.51. The average molecular weight is 484 g/mol. The second kappa shape index (κ2) is 9.76. The lowest BCUT2D eigenvalue weighted by molar-refractivity contribution is 0.0697. The fourth-order valence-electron chi connectivity index (χ4n) is 6.54. The van der Waals surface area contributed by atoms with Crippen molar-refractivity contribution in [1.29, 1.82) is 0 Å². The fraction of sp³-hybridized carbons (Fsp3) is 0.367. The molecule has 1 aromatic heterocycles. The van der Waals surface area contributed by atoms with Gasteiger partial charge >= 0.3 is 5.97 Å². The Labute approximate surface area is 212 Å². The molecule has 2 aliphatic carbocycles. The molecule has 2 saturated carbocycles. The molecule has 2 aromatic carbocycles. The van der Waals surface area contributed by atoms with E-state index in [4.69, 9.17) is 0 Å². The number of carbonyl (C=O) groups excluding carboxylic acids is 1. The van der Waals surface area contributed by atoms with Gasteiger partial charge in [-0.3, -0.25) is 4.79 Å². The van der Waals surface area contributed by atoms with Crippen LogP contribution in [0.2, 0.25) is 0 Å². The number of aromatic carboxylic acids is 1. The smallest absolute Gasteiger partial charge is 0.339 e. The summed E-state index contributed by atoms with van der Waals surface area (Å²) in [5.74, 6) is 1.45. The number of carboxylic acid groups (broad SMARTS) is 1. The van der Waals surface area contributed by atoms with Crippen molar-refractivity contribution in [1.82, 2.24) is 4.98 Å². The summed E-state index contributed by atoms with van der Waals surface area (Å²) in [6.07, 6.45) is 8.12. The number of pyridine rings is 1. The van der Waals surface area contributed by atoms with Crippen LogP contribution in [0.15, 0.2) is 66.9 Å². The predicted octanol–water partition coefficient (Wildman–Crippen LogP) is 6.88. The minimum Gasteiger partial charge on any atom is -0.478 e. The van der Waals surface area contributed by atoms with Crippen molar-refractivity contribution in [2.24, 2.45) is 17.8 Å². The molecule has 3 aromatic rings. The zero-order chi connectivity index (χ0) is 25.3. The molecular weight excluding hydrogens is 450 g/mol. The van der Waals surface area contributed by atoms with Gasteiger partial charge in [-0.05, 0) is 103 Å². The number of amides is 1. The maximum Gasteiger partial charge on any atom is 0.339 e. The van der Waals surface area contributed by atoms with E-state index in [2.05, 4.69) is 41.6 Å². The molecule has 0 spiro atoms. The van der Waals surface area contributed by atoms with Crippen molar-refractivity contribution in [3.05, 3.63) is 83.6 Å². The largest absolute Gasteiger partial charge is 0.478 e. The van der Waals surface area contributed by atoms with Crippen LogP contribution in [0, 0.1) is 17.8 Å². The number of nitrogens with zero attached hydrogens (tertiary/aromatic N) is 1. The Morgan fingerprint density at radius 3 is 2.36 bits per heavy atom. The van der Waals surface area contributed by atoms with Gasteiger partial charge in [-0.25, -0.2) is 9.78 Å². The van der Waals surface area contributed by atoms with Crippen LogP contribution in [0.4, 0.5) is 17.2 Å². The molecular formula is C30H33N3O3. The SMILES string of the molecule is CC1CC2CC(C1)CC(C)(c1ccc(NC(=O)c3cccc(Nc4ncccc4C(=O)O)c3)cc1)C2. The third-order valence-electron chi connectivity index (χ3n) is 7.88. The van der Waals surface area contributed by atoms with E-state index in [1.165, 1.54) is 49.9 Å². The summed E-state index contributed by atoms with van der Waals surface area (Å²) in [4.78, 5) is 28.5. The van der Waals surface area contributed by atoms with E-state index in [0.29, 0.717) is 11.3 Å². The quantitative estimate of drug-likeness (QED) is 0.355. The highest BCUT2D eigenvalue weighted by Gasteiger charge is 2.41. The molecule has 2 bridgehead atoms. The van der Waals surface area contributed by atoms with E-state index in [1.54, 1.807) is 30.3 Å². The molecule has 6 heteroatoms. The summed E-state index contributed by atoms with van der Waals surface area (Å²) in [5, 5.41) is 15.4. The number of nitrogens with one attached hydrogen (secondary N) is 2. The first-order valence-corrected chi connectivity index (χ1v) is 12.8. The van der Waals surface area contributed by atoms with Crippen LogP contribution in [-0.4, -0.2) is 22.0 Å². The second-order valence-corrected chi connectivity index (χ2v) is 11.0. The molecule has 0 saturated heterocycles. The van der Waals surface area contributed by atoms with Gasteiger partial charge in [0.05, 0.1) is 0 Å². The molecule has 186 valence electrons. The minimum atomic E-state index is -1.07. The summed E-state index contributed by atoms with van der Waals surface area (Å²) in [5.41, 5.74) is 3.45. The van der Waals surface area contributed by atoms with Gasteiger partial charge in [-0.2, -0.15) is 0 Å². The number of hydrogen-bond donors (Lipinski definition) is 3. The van der Waals surface area contributed by atoms with Crippen LogP contribution < -0.4 is 10.6 Å². The van der Waals surface area contributed by atoms with Crippen LogP contribution in [0.1, 0.15) is 72.2 Å². The normalized spacial score (nSPS) is 25.1. The Morgan fingerprint density at radius 2 is 1.67 bits per heavy atom.